The van der Waals surface area contributed by atoms with Gasteiger partial charge in [0.15, 0.2) is 11.5 Å². The molecule has 0 fully saturated rings. The highest BCUT2D eigenvalue weighted by Gasteiger charge is 2.40. The number of fused-ring (bicyclic) bond motifs is 1. The minimum absolute atomic E-state index is 0.288. The number of ether oxygens (including phenoxy) is 2. The molecule has 0 saturated heterocycles. The second-order valence-corrected chi connectivity index (χ2v) is 11.6. The molecule has 1 aromatic carbocycles. The third-order valence-electron chi connectivity index (χ3n) is 5.36. The quantitative estimate of drug-likeness (QED) is 0.282. The number of nitrogens with two attached hydrogens (primary N) is 1. The number of aromatic nitrogens is 4. The van der Waals surface area contributed by atoms with E-state index in [0.717, 1.165) is 11.1 Å². The average Bonchev–Trinajstić information content (AvgIpc) is 3.18. The maximum Gasteiger partial charge on any atom is 0.342 e. The number of benzene rings is 1. The maximum atomic E-state index is 14.1. The van der Waals surface area contributed by atoms with Crippen molar-refractivity contribution in [2.45, 2.75) is 72.8 Å². The Bertz CT molecular complexity index is 1250. The lowest BCUT2D eigenvalue weighted by Gasteiger charge is -2.31. The van der Waals surface area contributed by atoms with Crippen LogP contribution in [0.1, 0.15) is 45.7 Å². The van der Waals surface area contributed by atoms with E-state index in [0.29, 0.717) is 29.3 Å². The van der Waals surface area contributed by atoms with Gasteiger partial charge in [0.1, 0.15) is 29.5 Å². The van der Waals surface area contributed by atoms with Crippen molar-refractivity contribution < 1.29 is 23.4 Å². The van der Waals surface area contributed by atoms with Crippen LogP contribution in [0.2, 0.25) is 0 Å². The topological polar surface area (TPSA) is 143 Å². The van der Waals surface area contributed by atoms with Gasteiger partial charge in [-0.1, -0.05) is 18.2 Å². The van der Waals surface area contributed by atoms with Gasteiger partial charge in [0.2, 0.25) is 0 Å². The van der Waals surface area contributed by atoms with E-state index in [-0.39, 0.29) is 12.5 Å². The lowest BCUT2D eigenvalue weighted by molar-refractivity contribution is -0.153. The SMILES string of the molecule is Cc1cccc(C)c1OP(=O)(CO[C@H](C)Cn1cnc2c(N)ncnc21)NC(C)(C)C(=O)OC(C)C. The molecule has 1 unspecified atom stereocenters. The molecule has 0 spiro atoms. The van der Waals surface area contributed by atoms with Gasteiger partial charge in [0.05, 0.1) is 25.1 Å². The number of hydrogen-bond acceptors (Lipinski definition) is 9. The summed E-state index contributed by atoms with van der Waals surface area (Å²) in [4.78, 5) is 25.2. The van der Waals surface area contributed by atoms with Crippen LogP contribution in [0.15, 0.2) is 30.9 Å². The first kappa shape index (κ1) is 27.6. The van der Waals surface area contributed by atoms with Crippen LogP contribution in [0, 0.1) is 13.8 Å². The van der Waals surface area contributed by atoms with Gasteiger partial charge in [-0.3, -0.25) is 9.36 Å². The molecule has 36 heavy (non-hydrogen) atoms. The molecule has 3 N–H and O–H groups in total. The number of nitrogens with zero attached hydrogens (tertiary/aromatic N) is 4. The van der Waals surface area contributed by atoms with Crippen LogP contribution in [-0.2, 0) is 25.4 Å². The Labute approximate surface area is 211 Å². The summed E-state index contributed by atoms with van der Waals surface area (Å²) < 4.78 is 33.3. The number of hydrogen-bond donors (Lipinski definition) is 2. The number of esters is 1. The predicted molar refractivity (Wildman–Crippen MR) is 138 cm³/mol. The van der Waals surface area contributed by atoms with E-state index >= 15 is 0 Å². The number of carbonyl (C=O) groups is 1. The minimum Gasteiger partial charge on any atom is -0.462 e. The van der Waals surface area contributed by atoms with Crippen molar-refractivity contribution in [3.05, 3.63) is 42.0 Å². The van der Waals surface area contributed by atoms with Crippen molar-refractivity contribution in [3.63, 3.8) is 0 Å². The van der Waals surface area contributed by atoms with Crippen LogP contribution in [0.3, 0.4) is 0 Å². The first-order chi connectivity index (χ1) is 16.8. The molecule has 0 saturated carbocycles. The van der Waals surface area contributed by atoms with Crippen LogP contribution in [-0.4, -0.2) is 49.6 Å². The summed E-state index contributed by atoms with van der Waals surface area (Å²) in [6.07, 6.45) is 1.96. The van der Waals surface area contributed by atoms with E-state index in [2.05, 4.69) is 20.0 Å². The smallest absolute Gasteiger partial charge is 0.342 e. The molecule has 196 valence electrons. The number of nitrogen functional groups attached to an aromatic ring is 1. The van der Waals surface area contributed by atoms with Gasteiger partial charge in [0.25, 0.3) is 0 Å². The van der Waals surface area contributed by atoms with Gasteiger partial charge in [-0.2, -0.15) is 0 Å². The summed E-state index contributed by atoms with van der Waals surface area (Å²) in [5.74, 6) is 0.224. The molecule has 2 aromatic heterocycles. The highest BCUT2D eigenvalue weighted by molar-refractivity contribution is 7.57. The van der Waals surface area contributed by atoms with E-state index < -0.39 is 25.1 Å². The Morgan fingerprint density at radius 3 is 2.47 bits per heavy atom. The number of carbonyl (C=O) groups excluding carboxylic acids is 1. The molecule has 0 aliphatic heterocycles. The molecule has 3 aromatic rings. The average molecular weight is 519 g/mol. The Hall–Kier alpha value is -3.01. The summed E-state index contributed by atoms with van der Waals surface area (Å²) >= 11 is 0. The molecular weight excluding hydrogens is 483 g/mol. The van der Waals surface area contributed by atoms with Crippen molar-refractivity contribution in [1.29, 1.82) is 0 Å². The predicted octanol–water partition coefficient (Wildman–Crippen LogP) is 3.98. The third kappa shape index (κ3) is 6.60. The Morgan fingerprint density at radius 2 is 1.83 bits per heavy atom. The molecule has 3 rings (SSSR count). The van der Waals surface area contributed by atoms with Crippen molar-refractivity contribution in [3.8, 4) is 5.75 Å². The van der Waals surface area contributed by atoms with Gasteiger partial charge in [-0.15, -0.1) is 0 Å². The zero-order chi connectivity index (χ0) is 26.7. The number of anilines is 1. The highest BCUT2D eigenvalue weighted by atomic mass is 31.2. The molecule has 0 aliphatic rings. The van der Waals surface area contributed by atoms with Gasteiger partial charge < -0.3 is 24.3 Å². The number of rotatable bonds is 11. The monoisotopic (exact) mass is 518 g/mol. The van der Waals surface area contributed by atoms with E-state index in [1.54, 1.807) is 38.6 Å². The van der Waals surface area contributed by atoms with E-state index in [9.17, 15) is 9.36 Å². The summed E-state index contributed by atoms with van der Waals surface area (Å²) in [5, 5.41) is 2.91. The van der Waals surface area contributed by atoms with Crippen molar-refractivity contribution >= 4 is 30.5 Å². The Balaban J connectivity index is 1.81. The maximum absolute atomic E-state index is 14.1. The van der Waals surface area contributed by atoms with Gasteiger partial charge >= 0.3 is 13.5 Å². The number of nitrogens with one attached hydrogen (secondary N) is 1. The summed E-state index contributed by atoms with van der Waals surface area (Å²) in [5.41, 5.74) is 7.28. The van der Waals surface area contributed by atoms with Crippen molar-refractivity contribution in [2.24, 2.45) is 0 Å². The number of aryl methyl sites for hydroxylation is 2. The summed E-state index contributed by atoms with van der Waals surface area (Å²) in [6.45, 7) is 12.6. The Kier molecular flexibility index (Phi) is 8.38. The van der Waals surface area contributed by atoms with E-state index in [1.165, 1.54) is 6.33 Å². The highest BCUT2D eigenvalue weighted by Crippen LogP contribution is 2.47. The third-order valence-corrected chi connectivity index (χ3v) is 7.23. The van der Waals surface area contributed by atoms with E-state index in [4.69, 9.17) is 19.7 Å². The molecular formula is C24H35N6O5P. The Morgan fingerprint density at radius 1 is 1.17 bits per heavy atom. The van der Waals surface area contributed by atoms with Crippen LogP contribution in [0.25, 0.3) is 11.2 Å². The van der Waals surface area contributed by atoms with Crippen molar-refractivity contribution in [2.75, 3.05) is 12.1 Å². The number of imidazole rings is 1. The molecule has 2 heterocycles. The molecule has 12 heteroatoms. The fourth-order valence-electron chi connectivity index (χ4n) is 3.59. The fourth-order valence-corrected chi connectivity index (χ4v) is 5.73. The van der Waals surface area contributed by atoms with Gasteiger partial charge in [-0.25, -0.2) is 20.0 Å². The van der Waals surface area contributed by atoms with Crippen LogP contribution >= 0.6 is 7.52 Å². The molecule has 2 atom stereocenters. The van der Waals surface area contributed by atoms with Crippen LogP contribution in [0.4, 0.5) is 5.82 Å². The summed E-state index contributed by atoms with van der Waals surface area (Å²) in [7, 11) is -3.76. The molecule has 0 aliphatic carbocycles. The largest absolute Gasteiger partial charge is 0.462 e. The normalized spacial score (nSPS) is 14.6. The van der Waals surface area contributed by atoms with E-state index in [1.807, 2.05) is 39.0 Å². The molecule has 11 nitrogen and oxygen atoms in total. The second-order valence-electron chi connectivity index (χ2n) is 9.61. The first-order valence-corrected chi connectivity index (χ1v) is 13.5. The van der Waals surface area contributed by atoms with Gasteiger partial charge in [0, 0.05) is 0 Å². The minimum atomic E-state index is -3.76. The first-order valence-electron chi connectivity index (χ1n) is 11.7. The standard InChI is InChI=1S/C24H35N6O5P/c1-15(2)34-23(31)24(6,7)29-36(32,35-20-16(3)9-8-10-17(20)4)14-33-18(5)11-30-13-28-19-21(25)26-12-27-22(19)30/h8-10,12-13,15,18H,11,14H2,1-7H3,(H,29,32)(H2,25,26,27)/t18-,36?/m1/s1. The lowest BCUT2D eigenvalue weighted by Crippen LogP contribution is -2.48. The van der Waals surface area contributed by atoms with Crippen LogP contribution < -0.4 is 15.3 Å². The fraction of sp³-hybridized carbons (Fsp3) is 0.500. The zero-order valence-electron chi connectivity index (χ0n) is 21.8. The zero-order valence-corrected chi connectivity index (χ0v) is 22.7. The van der Waals surface area contributed by atoms with Gasteiger partial charge in [-0.05, 0) is 59.6 Å². The van der Waals surface area contributed by atoms with Crippen LogP contribution in [0.5, 0.6) is 5.75 Å². The lowest BCUT2D eigenvalue weighted by atomic mass is 10.1. The number of para-hydroxylation sites is 1. The molecule has 0 amide bonds. The molecule has 0 radical (unpaired) electrons. The summed E-state index contributed by atoms with van der Waals surface area (Å²) in [6, 6.07) is 5.63. The second kappa shape index (κ2) is 10.9. The molecule has 0 bridgehead atoms. The van der Waals surface area contributed by atoms with Crippen molar-refractivity contribution in [1.82, 2.24) is 24.6 Å².